The van der Waals surface area contributed by atoms with Crippen LogP contribution in [0, 0.1) is 10.1 Å². The lowest BCUT2D eigenvalue weighted by Crippen LogP contribution is -2.02. The molecule has 1 rings (SSSR count). The van der Waals surface area contributed by atoms with Crippen LogP contribution in [0.1, 0.15) is 12.5 Å². The number of carbonyl (C=O) groups excluding carboxylic acids is 1. The monoisotopic (exact) mass is 229 g/mol. The second-order valence-corrected chi connectivity index (χ2v) is 3.25. The summed E-state index contributed by atoms with van der Waals surface area (Å²) in [6, 6.07) is 4.10. The van der Waals surface area contributed by atoms with E-state index in [4.69, 9.17) is 11.6 Å². The van der Waals surface area contributed by atoms with Gasteiger partial charge in [0.05, 0.1) is 10.5 Å². The molecule has 80 valence electrons. The van der Waals surface area contributed by atoms with Gasteiger partial charge in [0.2, 0.25) is 0 Å². The lowest BCUT2D eigenvalue weighted by atomic mass is 10.2. The zero-order valence-electron chi connectivity index (χ0n) is 7.90. The van der Waals surface area contributed by atoms with Crippen molar-refractivity contribution in [3.05, 3.63) is 38.9 Å². The van der Waals surface area contributed by atoms with Crippen molar-refractivity contribution in [2.24, 2.45) is 0 Å². The number of ether oxygens (including phenoxy) is 1. The molecule has 0 heterocycles. The molecule has 1 aromatic carbocycles. The molecule has 0 atom stereocenters. The standard InChI is InChI=1S/C9H8ClNO4/c1-6(12)15-5-7-4-8(10)2-3-9(7)11(13)14/h2-4H,5H2,1H3. The Morgan fingerprint density at radius 2 is 2.27 bits per heavy atom. The van der Waals surface area contributed by atoms with Crippen LogP contribution in [0.4, 0.5) is 5.69 Å². The summed E-state index contributed by atoms with van der Waals surface area (Å²) in [7, 11) is 0. The van der Waals surface area contributed by atoms with Crippen molar-refractivity contribution in [3.63, 3.8) is 0 Å². The van der Waals surface area contributed by atoms with E-state index in [1.807, 2.05) is 0 Å². The van der Waals surface area contributed by atoms with Crippen molar-refractivity contribution in [1.29, 1.82) is 0 Å². The summed E-state index contributed by atoms with van der Waals surface area (Å²) >= 11 is 5.67. The highest BCUT2D eigenvalue weighted by molar-refractivity contribution is 6.30. The molecule has 0 saturated carbocycles. The van der Waals surface area contributed by atoms with Gasteiger partial charge in [-0.2, -0.15) is 0 Å². The molecule has 0 aliphatic carbocycles. The maximum atomic E-state index is 10.6. The molecule has 0 amide bonds. The first-order valence-electron chi connectivity index (χ1n) is 4.07. The molecular formula is C9H8ClNO4. The highest BCUT2D eigenvalue weighted by Crippen LogP contribution is 2.23. The van der Waals surface area contributed by atoms with Crippen molar-refractivity contribution in [2.45, 2.75) is 13.5 Å². The number of hydrogen-bond acceptors (Lipinski definition) is 4. The first kappa shape index (κ1) is 11.5. The zero-order valence-corrected chi connectivity index (χ0v) is 8.65. The minimum atomic E-state index is -0.546. The third-order valence-electron chi connectivity index (χ3n) is 1.67. The van der Waals surface area contributed by atoms with Crippen LogP contribution >= 0.6 is 11.6 Å². The van der Waals surface area contributed by atoms with E-state index in [0.29, 0.717) is 5.02 Å². The smallest absolute Gasteiger partial charge is 0.302 e. The molecule has 0 saturated heterocycles. The Morgan fingerprint density at radius 3 is 2.80 bits per heavy atom. The molecule has 1 aromatic rings. The molecule has 0 unspecified atom stereocenters. The maximum Gasteiger partial charge on any atom is 0.302 e. The number of rotatable bonds is 3. The molecule has 0 aromatic heterocycles. The average Bonchev–Trinajstić information content (AvgIpc) is 2.14. The van der Waals surface area contributed by atoms with Crippen LogP contribution in [0.2, 0.25) is 5.02 Å². The van der Waals surface area contributed by atoms with Gasteiger partial charge in [0.15, 0.2) is 0 Å². The normalized spacial score (nSPS) is 9.73. The molecule has 5 nitrogen and oxygen atoms in total. The molecule has 0 N–H and O–H groups in total. The van der Waals surface area contributed by atoms with E-state index in [9.17, 15) is 14.9 Å². The Morgan fingerprint density at radius 1 is 1.60 bits per heavy atom. The summed E-state index contributed by atoms with van der Waals surface area (Å²) in [5.41, 5.74) is 0.170. The Hall–Kier alpha value is -1.62. The van der Waals surface area contributed by atoms with Gasteiger partial charge in [0.25, 0.3) is 5.69 Å². The molecule has 0 fully saturated rings. The zero-order chi connectivity index (χ0) is 11.4. The van der Waals surface area contributed by atoms with Gasteiger partial charge < -0.3 is 4.74 Å². The van der Waals surface area contributed by atoms with Gasteiger partial charge in [-0.3, -0.25) is 14.9 Å². The van der Waals surface area contributed by atoms with Crippen molar-refractivity contribution >= 4 is 23.3 Å². The number of carbonyl (C=O) groups is 1. The fraction of sp³-hybridized carbons (Fsp3) is 0.222. The predicted octanol–water partition coefficient (Wildman–Crippen LogP) is 2.31. The van der Waals surface area contributed by atoms with Gasteiger partial charge in [0, 0.05) is 18.0 Å². The van der Waals surface area contributed by atoms with E-state index in [2.05, 4.69) is 4.74 Å². The van der Waals surface area contributed by atoms with Crippen LogP contribution in [0.25, 0.3) is 0 Å². The van der Waals surface area contributed by atoms with Crippen molar-refractivity contribution in [3.8, 4) is 0 Å². The number of nitro benzene ring substituents is 1. The van der Waals surface area contributed by atoms with Gasteiger partial charge >= 0.3 is 5.97 Å². The molecule has 0 aliphatic rings. The fourth-order valence-corrected chi connectivity index (χ4v) is 1.22. The molecule has 0 bridgehead atoms. The first-order valence-corrected chi connectivity index (χ1v) is 4.44. The minimum Gasteiger partial charge on any atom is -0.461 e. The second-order valence-electron chi connectivity index (χ2n) is 2.81. The lowest BCUT2D eigenvalue weighted by molar-refractivity contribution is -0.385. The van der Waals surface area contributed by atoms with Gasteiger partial charge in [-0.25, -0.2) is 0 Å². The molecule has 0 spiro atoms. The van der Waals surface area contributed by atoms with Gasteiger partial charge in [0.1, 0.15) is 6.61 Å². The fourth-order valence-electron chi connectivity index (χ4n) is 1.03. The van der Waals surface area contributed by atoms with Crippen LogP contribution in [0.3, 0.4) is 0 Å². The highest BCUT2D eigenvalue weighted by Gasteiger charge is 2.14. The van der Waals surface area contributed by atoms with Crippen LogP contribution in [-0.2, 0) is 16.1 Å². The molecular weight excluding hydrogens is 222 g/mol. The molecule has 0 aliphatic heterocycles. The van der Waals surface area contributed by atoms with E-state index in [1.165, 1.54) is 25.1 Å². The minimum absolute atomic E-state index is 0.111. The van der Waals surface area contributed by atoms with Gasteiger partial charge in [-0.15, -0.1) is 0 Å². The van der Waals surface area contributed by atoms with Crippen molar-refractivity contribution < 1.29 is 14.5 Å². The van der Waals surface area contributed by atoms with Crippen LogP contribution in [0.5, 0.6) is 0 Å². The number of halogens is 1. The maximum absolute atomic E-state index is 10.6. The Kier molecular flexibility index (Phi) is 3.62. The Bertz CT molecular complexity index is 405. The van der Waals surface area contributed by atoms with Gasteiger partial charge in [-0.1, -0.05) is 11.6 Å². The SMILES string of the molecule is CC(=O)OCc1cc(Cl)ccc1[N+](=O)[O-]. The van der Waals surface area contributed by atoms with E-state index in [0.717, 1.165) is 0 Å². The Labute approximate surface area is 90.8 Å². The van der Waals surface area contributed by atoms with Crippen LogP contribution < -0.4 is 0 Å². The molecule has 6 heteroatoms. The molecule has 15 heavy (non-hydrogen) atoms. The van der Waals surface area contributed by atoms with Crippen LogP contribution in [-0.4, -0.2) is 10.9 Å². The largest absolute Gasteiger partial charge is 0.461 e. The second kappa shape index (κ2) is 4.75. The summed E-state index contributed by atoms with van der Waals surface area (Å²) < 4.78 is 4.67. The number of hydrogen-bond donors (Lipinski definition) is 0. The van der Waals surface area contributed by atoms with E-state index in [1.54, 1.807) is 0 Å². The summed E-state index contributed by atoms with van der Waals surface area (Å²) in [4.78, 5) is 20.6. The topological polar surface area (TPSA) is 69.4 Å². The average molecular weight is 230 g/mol. The third kappa shape index (κ3) is 3.21. The van der Waals surface area contributed by atoms with E-state index < -0.39 is 10.9 Å². The number of esters is 1. The van der Waals surface area contributed by atoms with Crippen molar-refractivity contribution in [2.75, 3.05) is 0 Å². The van der Waals surface area contributed by atoms with E-state index in [-0.39, 0.29) is 17.9 Å². The summed E-state index contributed by atoms with van der Waals surface area (Å²) in [5.74, 6) is -0.496. The third-order valence-corrected chi connectivity index (χ3v) is 1.90. The van der Waals surface area contributed by atoms with Gasteiger partial charge in [-0.05, 0) is 12.1 Å². The van der Waals surface area contributed by atoms with Crippen molar-refractivity contribution in [1.82, 2.24) is 0 Å². The predicted molar refractivity (Wildman–Crippen MR) is 53.6 cm³/mol. The summed E-state index contributed by atoms with van der Waals surface area (Å²) in [5, 5.41) is 11.0. The summed E-state index contributed by atoms with van der Waals surface area (Å²) in [6.45, 7) is 1.09. The van der Waals surface area contributed by atoms with E-state index >= 15 is 0 Å². The van der Waals surface area contributed by atoms with Crippen LogP contribution in [0.15, 0.2) is 18.2 Å². The Balaban J connectivity index is 2.96. The highest BCUT2D eigenvalue weighted by atomic mass is 35.5. The number of benzene rings is 1. The molecule has 0 radical (unpaired) electrons. The quantitative estimate of drug-likeness (QED) is 0.453. The summed E-state index contributed by atoms with van der Waals surface area (Å²) in [6.07, 6.45) is 0. The number of nitrogens with zero attached hydrogens (tertiary/aromatic N) is 1. The number of nitro groups is 1. The lowest BCUT2D eigenvalue weighted by Gasteiger charge is -2.03. The first-order chi connectivity index (χ1) is 7.00.